The normalized spacial score (nSPS) is 12.0. The standard InChI is InChI=1S/C45H85N3O11/c1-5-7-9-11-13-15-17-19-21-23-25-30-41(49)58-38-39(59-42(50)31-26-24-22-20-18-16-14-12-10-8-6-2)37-47-43(51)40(48-45(53)57-36-34-55-4)29-27-28-32-46-44(52)56-35-33-54-3/h39-40H,5-38H2,1-4H3,(H,46,52)(H,47,51)(H,48,53). The van der Waals surface area contributed by atoms with Gasteiger partial charge in [-0.2, -0.15) is 0 Å². The highest BCUT2D eigenvalue weighted by atomic mass is 16.6. The molecule has 14 heteroatoms. The summed E-state index contributed by atoms with van der Waals surface area (Å²) in [6, 6.07) is -0.977. The van der Waals surface area contributed by atoms with Gasteiger partial charge in [0.2, 0.25) is 5.91 Å². The first kappa shape index (κ1) is 55.9. The van der Waals surface area contributed by atoms with Crippen LogP contribution in [0.25, 0.3) is 0 Å². The van der Waals surface area contributed by atoms with Crippen molar-refractivity contribution in [3.8, 4) is 0 Å². The summed E-state index contributed by atoms with van der Waals surface area (Å²) in [5, 5.41) is 8.00. The van der Waals surface area contributed by atoms with Crippen molar-refractivity contribution in [2.24, 2.45) is 0 Å². The van der Waals surface area contributed by atoms with Crippen molar-refractivity contribution in [1.82, 2.24) is 16.0 Å². The quantitative estimate of drug-likeness (QED) is 0.0303. The third-order valence-corrected chi connectivity index (χ3v) is 10.0. The summed E-state index contributed by atoms with van der Waals surface area (Å²) < 4.78 is 31.2. The van der Waals surface area contributed by atoms with E-state index in [1.807, 2.05) is 0 Å². The van der Waals surface area contributed by atoms with Crippen LogP contribution in [0.15, 0.2) is 0 Å². The highest BCUT2D eigenvalue weighted by molar-refractivity contribution is 5.85. The van der Waals surface area contributed by atoms with E-state index in [1.165, 1.54) is 111 Å². The topological polar surface area (TPSA) is 177 Å². The number of unbranched alkanes of at least 4 members (excludes halogenated alkanes) is 21. The zero-order valence-corrected chi connectivity index (χ0v) is 37.7. The fourth-order valence-electron chi connectivity index (χ4n) is 6.45. The van der Waals surface area contributed by atoms with Crippen molar-refractivity contribution in [3.05, 3.63) is 0 Å². The van der Waals surface area contributed by atoms with Crippen molar-refractivity contribution >= 4 is 30.0 Å². The molecule has 0 heterocycles. The minimum atomic E-state index is -0.977. The third kappa shape index (κ3) is 38.8. The minimum absolute atomic E-state index is 0.00743. The number of ether oxygens (including phenoxy) is 6. The summed E-state index contributed by atoms with van der Waals surface area (Å²) >= 11 is 0. The van der Waals surface area contributed by atoms with Crippen molar-refractivity contribution in [2.75, 3.05) is 60.3 Å². The Labute approximate surface area is 357 Å². The average molecular weight is 844 g/mol. The van der Waals surface area contributed by atoms with Crippen molar-refractivity contribution < 1.29 is 52.4 Å². The van der Waals surface area contributed by atoms with Crippen molar-refractivity contribution in [1.29, 1.82) is 0 Å². The smallest absolute Gasteiger partial charge is 0.407 e. The van der Waals surface area contributed by atoms with Crippen LogP contribution < -0.4 is 16.0 Å². The van der Waals surface area contributed by atoms with E-state index in [0.29, 0.717) is 25.8 Å². The predicted molar refractivity (Wildman–Crippen MR) is 231 cm³/mol. The maximum absolute atomic E-state index is 13.4. The molecular formula is C45H85N3O11. The molecule has 14 nitrogen and oxygen atoms in total. The number of amides is 3. The van der Waals surface area contributed by atoms with Gasteiger partial charge in [0.05, 0.1) is 19.8 Å². The lowest BCUT2D eigenvalue weighted by Gasteiger charge is -2.22. The molecule has 2 atom stereocenters. The highest BCUT2D eigenvalue weighted by Crippen LogP contribution is 2.14. The van der Waals surface area contributed by atoms with Gasteiger partial charge in [-0.1, -0.05) is 142 Å². The van der Waals surface area contributed by atoms with Gasteiger partial charge in [0, 0.05) is 33.6 Å². The van der Waals surface area contributed by atoms with E-state index >= 15 is 0 Å². The Morgan fingerprint density at radius 3 is 1.42 bits per heavy atom. The maximum Gasteiger partial charge on any atom is 0.407 e. The molecule has 0 rings (SSSR count). The van der Waals surface area contributed by atoms with Gasteiger partial charge in [-0.3, -0.25) is 14.4 Å². The van der Waals surface area contributed by atoms with E-state index in [1.54, 1.807) is 0 Å². The predicted octanol–water partition coefficient (Wildman–Crippen LogP) is 9.24. The van der Waals surface area contributed by atoms with Crippen LogP contribution in [-0.2, 0) is 42.8 Å². The first-order chi connectivity index (χ1) is 28.8. The van der Waals surface area contributed by atoms with E-state index in [4.69, 9.17) is 28.4 Å². The van der Waals surface area contributed by atoms with Crippen LogP contribution in [0.4, 0.5) is 9.59 Å². The second-order valence-electron chi connectivity index (χ2n) is 15.5. The van der Waals surface area contributed by atoms with Gasteiger partial charge in [0.1, 0.15) is 25.9 Å². The molecule has 0 bridgehead atoms. The lowest BCUT2D eigenvalue weighted by molar-refractivity contribution is -0.159. The lowest BCUT2D eigenvalue weighted by atomic mass is 10.1. The molecule has 0 aromatic heterocycles. The Balaban J connectivity index is 5.08. The second kappa shape index (κ2) is 43.0. The van der Waals surface area contributed by atoms with E-state index in [2.05, 4.69) is 29.8 Å². The fraction of sp³-hybridized carbons (Fsp3) is 0.889. The molecule has 0 fully saturated rings. The Kier molecular flexibility index (Phi) is 40.7. The van der Waals surface area contributed by atoms with Gasteiger partial charge in [-0.15, -0.1) is 0 Å². The zero-order valence-electron chi connectivity index (χ0n) is 37.7. The summed E-state index contributed by atoms with van der Waals surface area (Å²) in [6.07, 6.45) is 25.2. The van der Waals surface area contributed by atoms with Gasteiger partial charge in [0.25, 0.3) is 0 Å². The van der Waals surface area contributed by atoms with E-state index < -0.39 is 36.2 Å². The third-order valence-electron chi connectivity index (χ3n) is 10.0. The Morgan fingerprint density at radius 2 is 0.932 bits per heavy atom. The maximum atomic E-state index is 13.4. The summed E-state index contributed by atoms with van der Waals surface area (Å²) in [6.45, 7) is 5.09. The molecule has 3 N–H and O–H groups in total. The van der Waals surface area contributed by atoms with Crippen molar-refractivity contribution in [3.63, 3.8) is 0 Å². The van der Waals surface area contributed by atoms with Crippen LogP contribution in [0.2, 0.25) is 0 Å². The molecule has 59 heavy (non-hydrogen) atoms. The largest absolute Gasteiger partial charge is 0.462 e. The molecule has 0 spiro atoms. The zero-order chi connectivity index (χ0) is 43.4. The molecule has 0 saturated heterocycles. The number of carbonyl (C=O) groups excluding carboxylic acids is 5. The number of esters is 2. The molecule has 346 valence electrons. The number of carbonyl (C=O) groups is 5. The van der Waals surface area contributed by atoms with Crippen molar-refractivity contribution in [2.45, 2.75) is 199 Å². The summed E-state index contributed by atoms with van der Waals surface area (Å²) in [4.78, 5) is 63.3. The first-order valence-electron chi connectivity index (χ1n) is 23.2. The van der Waals surface area contributed by atoms with Gasteiger partial charge < -0.3 is 44.4 Å². The SMILES string of the molecule is CCCCCCCCCCCCCC(=O)OCC(CNC(=O)C(CCCCNC(=O)OCCOC)NC(=O)OCCOC)OC(=O)CCCCCCCCCCCCC. The van der Waals surface area contributed by atoms with Crippen LogP contribution in [0.1, 0.15) is 187 Å². The number of hydrogen-bond acceptors (Lipinski definition) is 11. The monoisotopic (exact) mass is 844 g/mol. The first-order valence-corrected chi connectivity index (χ1v) is 23.2. The Morgan fingerprint density at radius 1 is 0.475 bits per heavy atom. The van der Waals surface area contributed by atoms with E-state index in [9.17, 15) is 24.0 Å². The van der Waals surface area contributed by atoms with Crippen LogP contribution in [0.5, 0.6) is 0 Å². The van der Waals surface area contributed by atoms with Crippen LogP contribution in [0.3, 0.4) is 0 Å². The van der Waals surface area contributed by atoms with Crippen LogP contribution in [0, 0.1) is 0 Å². The molecule has 0 aliphatic heterocycles. The minimum Gasteiger partial charge on any atom is -0.462 e. The lowest BCUT2D eigenvalue weighted by Crippen LogP contribution is -2.49. The van der Waals surface area contributed by atoms with E-state index in [0.717, 1.165) is 38.5 Å². The summed E-state index contributed by atoms with van der Waals surface area (Å²) in [5.74, 6) is -1.29. The number of hydrogen-bond donors (Lipinski definition) is 3. The van der Waals surface area contributed by atoms with Gasteiger partial charge in [0.15, 0.2) is 6.10 Å². The molecule has 0 aromatic rings. The molecule has 0 aromatic carbocycles. The Hall–Kier alpha value is -3.13. The van der Waals surface area contributed by atoms with Crippen LogP contribution in [-0.4, -0.2) is 103 Å². The number of alkyl carbamates (subject to hydrolysis) is 2. The van der Waals surface area contributed by atoms with Gasteiger partial charge in [-0.25, -0.2) is 9.59 Å². The Bertz CT molecular complexity index is 1030. The molecule has 3 amide bonds. The number of nitrogens with one attached hydrogen (secondary N) is 3. The summed E-state index contributed by atoms with van der Waals surface area (Å²) in [7, 11) is 2.99. The highest BCUT2D eigenvalue weighted by Gasteiger charge is 2.24. The average Bonchev–Trinajstić information content (AvgIpc) is 3.22. The molecule has 0 aliphatic carbocycles. The second-order valence-corrected chi connectivity index (χ2v) is 15.5. The molecule has 2 unspecified atom stereocenters. The molecular weight excluding hydrogens is 759 g/mol. The molecule has 0 aliphatic rings. The fourth-order valence-corrected chi connectivity index (χ4v) is 6.45. The van der Waals surface area contributed by atoms with Crippen LogP contribution >= 0.6 is 0 Å². The van der Waals surface area contributed by atoms with Gasteiger partial charge >= 0.3 is 24.1 Å². The molecule has 0 saturated carbocycles. The molecule has 0 radical (unpaired) electrons. The number of rotatable bonds is 42. The summed E-state index contributed by atoms with van der Waals surface area (Å²) in [5.41, 5.74) is 0. The number of methoxy groups -OCH3 is 2. The van der Waals surface area contributed by atoms with Gasteiger partial charge in [-0.05, 0) is 32.1 Å². The van der Waals surface area contributed by atoms with E-state index in [-0.39, 0.29) is 64.8 Å².